The molecule has 3 fully saturated rings. The zero-order chi connectivity index (χ0) is 12.2. The predicted octanol–water partition coefficient (Wildman–Crippen LogP) is 1.74. The van der Waals surface area contributed by atoms with Crippen LogP contribution in [0, 0.1) is 23.7 Å². The fraction of sp³-hybridized carbons (Fsp3) is 0.923. The van der Waals surface area contributed by atoms with E-state index in [1.165, 1.54) is 0 Å². The largest absolute Gasteiger partial charge is 0.444 e. The van der Waals surface area contributed by atoms with E-state index in [1.54, 1.807) is 0 Å². The zero-order valence-corrected chi connectivity index (χ0v) is 12.1. The minimum Gasteiger partial charge on any atom is -0.444 e. The molecule has 1 saturated carbocycles. The van der Waals surface area contributed by atoms with Crippen LogP contribution >= 0.6 is 12.4 Å². The Bertz CT molecular complexity index is 324. The van der Waals surface area contributed by atoms with Gasteiger partial charge in [0.05, 0.1) is 0 Å². The molecule has 0 spiro atoms. The van der Waals surface area contributed by atoms with Crippen molar-refractivity contribution in [3.8, 4) is 0 Å². The molecular weight excluding hydrogens is 252 g/mol. The molecule has 0 aromatic rings. The number of nitrogens with one attached hydrogen (secondary N) is 1. The zero-order valence-electron chi connectivity index (χ0n) is 11.3. The molecular formula is C13H23ClN2O2. The Morgan fingerprint density at radius 1 is 1.11 bits per heavy atom. The molecule has 1 aliphatic carbocycles. The average Bonchev–Trinajstić information content (AvgIpc) is 2.71. The highest BCUT2D eigenvalue weighted by molar-refractivity contribution is 5.85. The first-order valence-corrected chi connectivity index (χ1v) is 6.64. The molecule has 1 amide bonds. The van der Waals surface area contributed by atoms with Crippen LogP contribution in [0.5, 0.6) is 0 Å². The number of hydrogen-bond donors (Lipinski definition) is 1. The van der Waals surface area contributed by atoms with Crippen molar-refractivity contribution in [2.45, 2.75) is 26.4 Å². The monoisotopic (exact) mass is 274 g/mol. The van der Waals surface area contributed by atoms with E-state index >= 15 is 0 Å². The van der Waals surface area contributed by atoms with Gasteiger partial charge in [0.15, 0.2) is 0 Å². The molecule has 18 heavy (non-hydrogen) atoms. The van der Waals surface area contributed by atoms with Gasteiger partial charge in [-0.2, -0.15) is 0 Å². The van der Waals surface area contributed by atoms with Crippen LogP contribution < -0.4 is 5.32 Å². The van der Waals surface area contributed by atoms with Gasteiger partial charge >= 0.3 is 6.09 Å². The van der Waals surface area contributed by atoms with E-state index in [0.29, 0.717) is 0 Å². The van der Waals surface area contributed by atoms with Gasteiger partial charge in [0.25, 0.3) is 0 Å². The van der Waals surface area contributed by atoms with Gasteiger partial charge in [-0.25, -0.2) is 4.79 Å². The number of hydrogen-bond acceptors (Lipinski definition) is 3. The van der Waals surface area contributed by atoms with Crippen LogP contribution in [0.4, 0.5) is 4.79 Å². The first kappa shape index (κ1) is 13.9. The third kappa shape index (κ3) is 2.21. The maximum atomic E-state index is 12.0. The molecule has 0 aromatic carbocycles. The number of fused-ring (bicyclic) bond motifs is 4. The molecule has 1 N–H and O–H groups in total. The smallest absolute Gasteiger partial charge is 0.410 e. The fourth-order valence-corrected chi connectivity index (χ4v) is 3.75. The summed E-state index contributed by atoms with van der Waals surface area (Å²) in [4.78, 5) is 13.9. The number of nitrogens with zero attached hydrogens (tertiary/aromatic N) is 1. The number of ether oxygens (including phenoxy) is 1. The van der Waals surface area contributed by atoms with E-state index < -0.39 is 0 Å². The Morgan fingerprint density at radius 3 is 2.06 bits per heavy atom. The Morgan fingerprint density at radius 2 is 1.61 bits per heavy atom. The van der Waals surface area contributed by atoms with Crippen LogP contribution in [0.15, 0.2) is 0 Å². The van der Waals surface area contributed by atoms with E-state index in [9.17, 15) is 4.79 Å². The van der Waals surface area contributed by atoms with E-state index in [-0.39, 0.29) is 24.1 Å². The molecule has 3 aliphatic rings. The SMILES string of the molecule is CC(C)(C)OC(=O)N1CC2C3CNCC3C2C1.Cl. The molecule has 2 saturated heterocycles. The second-order valence-electron chi connectivity index (χ2n) is 6.70. The van der Waals surface area contributed by atoms with Crippen molar-refractivity contribution in [2.24, 2.45) is 23.7 Å². The van der Waals surface area contributed by atoms with Crippen LogP contribution in [0.2, 0.25) is 0 Å². The van der Waals surface area contributed by atoms with Gasteiger partial charge < -0.3 is 15.0 Å². The van der Waals surface area contributed by atoms with Gasteiger partial charge in [0.2, 0.25) is 0 Å². The maximum absolute atomic E-state index is 12.0. The molecule has 2 aliphatic heterocycles. The number of carbonyl (C=O) groups excluding carboxylic acids is 1. The minimum atomic E-state index is -0.379. The molecule has 3 rings (SSSR count). The quantitative estimate of drug-likeness (QED) is 0.732. The number of carbonyl (C=O) groups is 1. The standard InChI is InChI=1S/C13H22N2O2.ClH/c1-13(2,3)17-12(16)15-6-10-8-4-14-5-9(8)11(10)7-15;/h8-11,14H,4-7H2,1-3H3;1H. The van der Waals surface area contributed by atoms with Crippen molar-refractivity contribution in [3.05, 3.63) is 0 Å². The second-order valence-corrected chi connectivity index (χ2v) is 6.70. The van der Waals surface area contributed by atoms with Gasteiger partial charge in [-0.15, -0.1) is 12.4 Å². The molecule has 0 bridgehead atoms. The highest BCUT2D eigenvalue weighted by atomic mass is 35.5. The number of likely N-dealkylation sites (tertiary alicyclic amines) is 1. The lowest BCUT2D eigenvalue weighted by Gasteiger charge is -2.43. The Hall–Kier alpha value is -0.480. The van der Waals surface area contributed by atoms with E-state index in [2.05, 4.69) is 5.32 Å². The van der Waals surface area contributed by atoms with Crippen molar-refractivity contribution >= 4 is 18.5 Å². The van der Waals surface area contributed by atoms with Gasteiger partial charge in [-0.05, 0) is 57.5 Å². The normalized spacial score (nSPS) is 37.4. The Kier molecular flexibility index (Phi) is 3.54. The van der Waals surface area contributed by atoms with Crippen LogP contribution in [-0.2, 0) is 4.74 Å². The maximum Gasteiger partial charge on any atom is 0.410 e. The lowest BCUT2D eigenvalue weighted by Crippen LogP contribution is -2.44. The van der Waals surface area contributed by atoms with Crippen molar-refractivity contribution in [2.75, 3.05) is 26.2 Å². The number of amides is 1. The van der Waals surface area contributed by atoms with E-state index in [4.69, 9.17) is 4.74 Å². The van der Waals surface area contributed by atoms with Crippen LogP contribution in [0.3, 0.4) is 0 Å². The summed E-state index contributed by atoms with van der Waals surface area (Å²) in [5.41, 5.74) is -0.379. The Labute approximate surface area is 115 Å². The highest BCUT2D eigenvalue weighted by Crippen LogP contribution is 2.52. The first-order valence-electron chi connectivity index (χ1n) is 6.64. The highest BCUT2D eigenvalue weighted by Gasteiger charge is 2.57. The number of rotatable bonds is 0. The third-order valence-electron chi connectivity index (χ3n) is 4.47. The molecule has 104 valence electrons. The summed E-state index contributed by atoms with van der Waals surface area (Å²) in [6.07, 6.45) is -0.127. The van der Waals surface area contributed by atoms with Gasteiger partial charge in [0.1, 0.15) is 5.60 Å². The second kappa shape index (κ2) is 4.57. The van der Waals surface area contributed by atoms with Crippen molar-refractivity contribution in [1.29, 1.82) is 0 Å². The molecule has 0 aromatic heterocycles. The summed E-state index contributed by atoms with van der Waals surface area (Å²) in [6, 6.07) is 0. The lowest BCUT2D eigenvalue weighted by molar-refractivity contribution is 0.0287. The van der Waals surface area contributed by atoms with E-state index in [0.717, 1.165) is 49.9 Å². The number of halogens is 1. The first-order chi connectivity index (χ1) is 7.96. The van der Waals surface area contributed by atoms with Gasteiger partial charge in [-0.3, -0.25) is 0 Å². The summed E-state index contributed by atoms with van der Waals surface area (Å²) >= 11 is 0. The van der Waals surface area contributed by atoms with Crippen molar-refractivity contribution < 1.29 is 9.53 Å². The van der Waals surface area contributed by atoms with Crippen LogP contribution in [-0.4, -0.2) is 42.8 Å². The molecule has 5 heteroatoms. The molecule has 4 atom stereocenters. The van der Waals surface area contributed by atoms with Crippen molar-refractivity contribution in [3.63, 3.8) is 0 Å². The average molecular weight is 275 g/mol. The van der Waals surface area contributed by atoms with Gasteiger partial charge in [-0.1, -0.05) is 0 Å². The molecule has 4 unspecified atom stereocenters. The summed E-state index contributed by atoms with van der Waals surface area (Å²) in [6.45, 7) is 9.88. The summed E-state index contributed by atoms with van der Waals surface area (Å²) in [5.74, 6) is 3.07. The summed E-state index contributed by atoms with van der Waals surface area (Å²) in [7, 11) is 0. The Balaban J connectivity index is 0.00000120. The predicted molar refractivity (Wildman–Crippen MR) is 71.9 cm³/mol. The lowest BCUT2D eigenvalue weighted by atomic mass is 9.60. The molecule has 4 nitrogen and oxygen atoms in total. The van der Waals surface area contributed by atoms with Gasteiger partial charge in [0, 0.05) is 13.1 Å². The minimum absolute atomic E-state index is 0. The summed E-state index contributed by atoms with van der Waals surface area (Å²) < 4.78 is 5.44. The fourth-order valence-electron chi connectivity index (χ4n) is 3.75. The van der Waals surface area contributed by atoms with E-state index in [1.807, 2.05) is 25.7 Å². The third-order valence-corrected chi connectivity index (χ3v) is 4.47. The molecule has 2 heterocycles. The molecule has 0 radical (unpaired) electrons. The van der Waals surface area contributed by atoms with Crippen LogP contribution in [0.25, 0.3) is 0 Å². The van der Waals surface area contributed by atoms with Crippen LogP contribution in [0.1, 0.15) is 20.8 Å². The topological polar surface area (TPSA) is 41.6 Å². The van der Waals surface area contributed by atoms with Crippen molar-refractivity contribution in [1.82, 2.24) is 10.2 Å². The summed E-state index contributed by atoms with van der Waals surface area (Å²) in [5, 5.41) is 3.46.